The van der Waals surface area contributed by atoms with E-state index in [-0.39, 0.29) is 14.5 Å². The normalized spacial score (nSPS) is 10.7. The average molecular weight is 424 g/mol. The summed E-state index contributed by atoms with van der Waals surface area (Å²) in [6.07, 6.45) is 0. The molecule has 128 valence electrons. The summed E-state index contributed by atoms with van der Waals surface area (Å²) in [6, 6.07) is 29.4. The van der Waals surface area contributed by atoms with Crippen molar-refractivity contribution in [2.24, 2.45) is 0 Å². The van der Waals surface area contributed by atoms with E-state index in [1.54, 1.807) is 7.11 Å². The first-order chi connectivity index (χ1) is 12.7. The minimum atomic E-state index is 0.225. The number of halogens is 1. The van der Waals surface area contributed by atoms with Gasteiger partial charge in [-0.2, -0.15) is 0 Å². The zero-order chi connectivity index (χ0) is 17.9. The molecular weight excluding hydrogens is 407 g/mol. The van der Waals surface area contributed by atoms with E-state index in [0.717, 1.165) is 10.8 Å². The molecule has 0 atom stereocenters. The number of benzene rings is 3. The molecule has 0 aliphatic heterocycles. The molecule has 1 nitrogen and oxygen atoms in total. The number of ether oxygens (including phenoxy) is 1. The standard InChI is InChI=1S/C23H17ClOSe/c1-25-20-9-5-8-18(14-20)22-15-21(16-10-12-19(24)13-11-16)23(26-22)17-6-3-2-4-7-17/h2-15H,1H3. The number of rotatable bonds is 4. The van der Waals surface area contributed by atoms with Gasteiger partial charge in [-0.05, 0) is 0 Å². The van der Waals surface area contributed by atoms with Gasteiger partial charge in [0.2, 0.25) is 0 Å². The van der Waals surface area contributed by atoms with E-state index < -0.39 is 0 Å². The maximum atomic E-state index is 6.09. The van der Waals surface area contributed by atoms with E-state index in [0.29, 0.717) is 0 Å². The van der Waals surface area contributed by atoms with Crippen molar-refractivity contribution in [2.75, 3.05) is 7.11 Å². The van der Waals surface area contributed by atoms with Crippen molar-refractivity contribution < 1.29 is 4.74 Å². The fourth-order valence-electron chi connectivity index (χ4n) is 2.96. The van der Waals surface area contributed by atoms with E-state index in [4.69, 9.17) is 16.3 Å². The summed E-state index contributed by atoms with van der Waals surface area (Å²) in [6.45, 7) is 0. The third kappa shape index (κ3) is 3.50. The Bertz CT molecular complexity index is 1020. The first-order valence-electron chi connectivity index (χ1n) is 8.34. The Labute approximate surface area is 164 Å². The number of hydrogen-bond donors (Lipinski definition) is 0. The van der Waals surface area contributed by atoms with Crippen LogP contribution in [0.1, 0.15) is 0 Å². The third-order valence-electron chi connectivity index (χ3n) is 4.28. The fourth-order valence-corrected chi connectivity index (χ4v) is 5.56. The maximum absolute atomic E-state index is 6.09. The van der Waals surface area contributed by atoms with E-state index in [2.05, 4.69) is 60.7 Å². The van der Waals surface area contributed by atoms with Crippen LogP contribution in [0, 0.1) is 0 Å². The first-order valence-corrected chi connectivity index (χ1v) is 10.4. The molecule has 0 aliphatic carbocycles. The molecule has 4 aromatic rings. The van der Waals surface area contributed by atoms with Gasteiger partial charge in [-0.1, -0.05) is 0 Å². The van der Waals surface area contributed by atoms with Gasteiger partial charge in [0.15, 0.2) is 0 Å². The molecule has 0 amide bonds. The molecule has 0 saturated heterocycles. The van der Waals surface area contributed by atoms with Crippen LogP contribution in [-0.2, 0) is 0 Å². The van der Waals surface area contributed by atoms with Crippen LogP contribution in [0.4, 0.5) is 0 Å². The molecule has 0 unspecified atom stereocenters. The SMILES string of the molecule is COc1cccc(-c2cc(-c3ccc(Cl)cc3)c(-c3ccccc3)[se]2)c1. The van der Waals surface area contributed by atoms with Crippen LogP contribution < -0.4 is 4.74 Å². The van der Waals surface area contributed by atoms with Crippen LogP contribution in [-0.4, -0.2) is 21.6 Å². The molecule has 0 fully saturated rings. The Morgan fingerprint density at radius 3 is 2.19 bits per heavy atom. The molecule has 0 spiro atoms. The van der Waals surface area contributed by atoms with Crippen LogP contribution in [0.15, 0.2) is 84.9 Å². The molecule has 0 aliphatic rings. The Kier molecular flexibility index (Phi) is 4.99. The molecule has 0 bridgehead atoms. The molecule has 0 N–H and O–H groups in total. The van der Waals surface area contributed by atoms with Gasteiger partial charge in [-0.25, -0.2) is 0 Å². The summed E-state index contributed by atoms with van der Waals surface area (Å²) in [7, 11) is 1.71. The van der Waals surface area contributed by atoms with Crippen molar-refractivity contribution in [3.05, 3.63) is 90.0 Å². The van der Waals surface area contributed by atoms with E-state index in [1.807, 2.05) is 24.3 Å². The molecule has 0 saturated carbocycles. The molecule has 3 heteroatoms. The van der Waals surface area contributed by atoms with Crippen molar-refractivity contribution in [3.63, 3.8) is 0 Å². The van der Waals surface area contributed by atoms with Gasteiger partial charge in [0.1, 0.15) is 0 Å². The topological polar surface area (TPSA) is 9.23 Å². The van der Waals surface area contributed by atoms with Crippen LogP contribution >= 0.6 is 11.6 Å². The van der Waals surface area contributed by atoms with Crippen molar-refractivity contribution in [3.8, 4) is 36.9 Å². The van der Waals surface area contributed by atoms with Gasteiger partial charge in [0.25, 0.3) is 0 Å². The molecule has 3 aromatic carbocycles. The summed E-state index contributed by atoms with van der Waals surface area (Å²) in [5, 5.41) is 0.760. The molecule has 1 aromatic heterocycles. The summed E-state index contributed by atoms with van der Waals surface area (Å²) in [5.74, 6) is 0.889. The van der Waals surface area contributed by atoms with Crippen molar-refractivity contribution in [1.29, 1.82) is 0 Å². The van der Waals surface area contributed by atoms with Gasteiger partial charge < -0.3 is 0 Å². The summed E-state index contributed by atoms with van der Waals surface area (Å²) in [5.41, 5.74) is 4.99. The van der Waals surface area contributed by atoms with Crippen molar-refractivity contribution >= 4 is 26.1 Å². The zero-order valence-corrected chi connectivity index (χ0v) is 16.7. The average Bonchev–Trinajstić information content (AvgIpc) is 3.15. The van der Waals surface area contributed by atoms with Gasteiger partial charge >= 0.3 is 165 Å². The zero-order valence-electron chi connectivity index (χ0n) is 14.3. The number of hydrogen-bond acceptors (Lipinski definition) is 1. The van der Waals surface area contributed by atoms with Gasteiger partial charge in [0.05, 0.1) is 0 Å². The predicted octanol–water partition coefficient (Wildman–Crippen LogP) is 6.41. The Hall–Kier alpha value is -2.25. The Balaban J connectivity index is 1.88. The number of methoxy groups -OCH3 is 1. The van der Waals surface area contributed by atoms with Crippen LogP contribution in [0.2, 0.25) is 5.02 Å². The van der Waals surface area contributed by atoms with Crippen LogP contribution in [0.25, 0.3) is 31.1 Å². The molecule has 0 radical (unpaired) electrons. The monoisotopic (exact) mass is 424 g/mol. The van der Waals surface area contributed by atoms with Crippen molar-refractivity contribution in [1.82, 2.24) is 0 Å². The molecular formula is C23H17ClOSe. The summed E-state index contributed by atoms with van der Waals surface area (Å²) >= 11 is 6.31. The Morgan fingerprint density at radius 1 is 0.731 bits per heavy atom. The quantitative estimate of drug-likeness (QED) is 0.345. The predicted molar refractivity (Wildman–Crippen MR) is 111 cm³/mol. The van der Waals surface area contributed by atoms with Gasteiger partial charge in [-0.15, -0.1) is 0 Å². The van der Waals surface area contributed by atoms with E-state index in [1.165, 1.54) is 31.1 Å². The van der Waals surface area contributed by atoms with E-state index >= 15 is 0 Å². The second kappa shape index (κ2) is 7.55. The minimum absolute atomic E-state index is 0.225. The van der Waals surface area contributed by atoms with Gasteiger partial charge in [-0.3, -0.25) is 0 Å². The van der Waals surface area contributed by atoms with Crippen LogP contribution in [0.5, 0.6) is 5.75 Å². The van der Waals surface area contributed by atoms with Gasteiger partial charge in [0, 0.05) is 0 Å². The summed E-state index contributed by atoms with van der Waals surface area (Å²) in [4.78, 5) is 0. The fraction of sp³-hybridized carbons (Fsp3) is 0.0435. The summed E-state index contributed by atoms with van der Waals surface area (Å²) < 4.78 is 8.16. The third-order valence-corrected chi connectivity index (χ3v) is 7.12. The molecule has 26 heavy (non-hydrogen) atoms. The second-order valence-electron chi connectivity index (χ2n) is 5.96. The Morgan fingerprint density at radius 2 is 1.46 bits per heavy atom. The van der Waals surface area contributed by atoms with Crippen molar-refractivity contribution in [2.45, 2.75) is 0 Å². The molecule has 4 rings (SSSR count). The van der Waals surface area contributed by atoms with Crippen LogP contribution in [0.3, 0.4) is 0 Å². The van der Waals surface area contributed by atoms with E-state index in [9.17, 15) is 0 Å². The first kappa shape index (κ1) is 17.2. The second-order valence-corrected chi connectivity index (χ2v) is 8.60. The molecule has 1 heterocycles.